The number of unbranched alkanes of at least 4 members (excludes halogenated alkanes) is 7. The maximum atomic E-state index is 14.2. The Morgan fingerprint density at radius 1 is 0.873 bits per heavy atom. The Bertz CT molecular complexity index is 2990. The molecule has 4 heterocycles. The van der Waals surface area contributed by atoms with E-state index in [9.17, 15) is 39.1 Å². The first-order valence-electron chi connectivity index (χ1n) is 28.1. The number of benzene rings is 3. The molecule has 1 saturated carbocycles. The zero-order valence-electron chi connectivity index (χ0n) is 46.3. The van der Waals surface area contributed by atoms with E-state index in [1.807, 2.05) is 49.4 Å². The number of aromatic amines is 1. The molecular formula is C60H77N11O7S. The molecule has 6 amide bonds. The maximum absolute atomic E-state index is 14.2. The van der Waals surface area contributed by atoms with Crippen LogP contribution in [0.3, 0.4) is 0 Å². The first-order chi connectivity index (χ1) is 37.9. The van der Waals surface area contributed by atoms with E-state index in [1.54, 1.807) is 50.5 Å². The number of aliphatic hydroxyl groups is 1. The number of likely N-dealkylation sites (tertiary alicyclic amines) is 2. The van der Waals surface area contributed by atoms with E-state index in [1.165, 1.54) is 29.1 Å². The molecule has 0 bridgehead atoms. The van der Waals surface area contributed by atoms with Crippen molar-refractivity contribution in [2.45, 2.75) is 161 Å². The molecule has 420 valence electrons. The summed E-state index contributed by atoms with van der Waals surface area (Å²) in [6.45, 7) is 12.4. The molecule has 2 aromatic heterocycles. The number of nitrogens with one attached hydrogen (secondary N) is 6. The second-order valence-electron chi connectivity index (χ2n) is 22.9. The van der Waals surface area contributed by atoms with Crippen LogP contribution in [-0.2, 0) is 25.7 Å². The molecule has 5 atom stereocenters. The Kier molecular flexibility index (Phi) is 19.4. The van der Waals surface area contributed by atoms with E-state index in [2.05, 4.69) is 54.4 Å². The lowest BCUT2D eigenvalue weighted by molar-refractivity contribution is -0.144. The van der Waals surface area contributed by atoms with Crippen molar-refractivity contribution in [2.75, 3.05) is 31.5 Å². The van der Waals surface area contributed by atoms with Crippen LogP contribution < -0.4 is 26.6 Å². The lowest BCUT2D eigenvalue weighted by Crippen LogP contribution is -2.58. The van der Waals surface area contributed by atoms with Gasteiger partial charge in [0.2, 0.25) is 23.6 Å². The summed E-state index contributed by atoms with van der Waals surface area (Å²) in [4.78, 5) is 98.4. The fourth-order valence-corrected chi connectivity index (χ4v) is 11.4. The molecule has 2 aliphatic heterocycles. The SMILES string of the molecule is Cc1ncsc1-c1ccc([C@H](CC(=O)NCCCCCCCCCCNC(=O)c2ccc(C(=O)Nc3ccc4nc(CN5CCC[C@@H]5C)[nH]c4c3)cc2)NC(=O)[C@@H]2C[C@@H](O)CN2C(=O)[C@@H](NC(=O)C2(C#N)CC2)C(C)(C)C)cc1. The van der Waals surface area contributed by atoms with Gasteiger partial charge in [-0.2, -0.15) is 5.26 Å². The maximum Gasteiger partial charge on any atom is 0.255 e. The lowest BCUT2D eigenvalue weighted by Gasteiger charge is -2.36. The van der Waals surface area contributed by atoms with Gasteiger partial charge in [0.1, 0.15) is 23.3 Å². The van der Waals surface area contributed by atoms with Crippen LogP contribution in [0.4, 0.5) is 5.69 Å². The van der Waals surface area contributed by atoms with Crippen LogP contribution in [0, 0.1) is 29.1 Å². The highest BCUT2D eigenvalue weighted by Gasteiger charge is 2.53. The average molecular weight is 1100 g/mol. The Hall–Kier alpha value is -7.01. The summed E-state index contributed by atoms with van der Waals surface area (Å²) in [6, 6.07) is 19.7. The number of β-amino-alcohol motifs (C(OH)–C–C–N with tert-alkyl or cyclic N) is 1. The van der Waals surface area contributed by atoms with Gasteiger partial charge in [-0.25, -0.2) is 9.97 Å². The number of rotatable bonds is 25. The number of H-pyrrole nitrogens is 1. The molecule has 0 radical (unpaired) electrons. The van der Waals surface area contributed by atoms with Gasteiger partial charge in [-0.15, -0.1) is 11.3 Å². The fraction of sp³-hybridized carbons (Fsp3) is 0.517. The highest BCUT2D eigenvalue weighted by Crippen LogP contribution is 2.45. The van der Waals surface area contributed by atoms with E-state index in [0.29, 0.717) is 54.4 Å². The number of anilines is 1. The quantitative estimate of drug-likeness (QED) is 0.0274. The van der Waals surface area contributed by atoms with Crippen molar-refractivity contribution in [2.24, 2.45) is 10.8 Å². The summed E-state index contributed by atoms with van der Waals surface area (Å²) in [5.41, 5.74) is 5.76. The molecule has 3 aliphatic rings. The van der Waals surface area contributed by atoms with Crippen LogP contribution in [0.15, 0.2) is 72.2 Å². The van der Waals surface area contributed by atoms with Gasteiger partial charge in [0.05, 0.1) is 58.3 Å². The molecule has 18 nitrogen and oxygen atoms in total. The van der Waals surface area contributed by atoms with Crippen LogP contribution in [0.5, 0.6) is 0 Å². The Balaban J connectivity index is 0.729. The highest BCUT2D eigenvalue weighted by molar-refractivity contribution is 7.13. The predicted octanol–water partition coefficient (Wildman–Crippen LogP) is 8.24. The largest absolute Gasteiger partial charge is 0.391 e. The predicted molar refractivity (Wildman–Crippen MR) is 304 cm³/mol. The summed E-state index contributed by atoms with van der Waals surface area (Å²) in [7, 11) is 0. The Morgan fingerprint density at radius 3 is 2.14 bits per heavy atom. The second-order valence-corrected chi connectivity index (χ2v) is 23.7. The van der Waals surface area contributed by atoms with Crippen molar-refractivity contribution < 1.29 is 33.9 Å². The van der Waals surface area contributed by atoms with E-state index in [-0.39, 0.29) is 37.1 Å². The van der Waals surface area contributed by atoms with Gasteiger partial charge >= 0.3 is 0 Å². The van der Waals surface area contributed by atoms with Gasteiger partial charge in [0.15, 0.2) is 0 Å². The van der Waals surface area contributed by atoms with Crippen LogP contribution in [0.25, 0.3) is 21.5 Å². The fourth-order valence-electron chi connectivity index (χ4n) is 10.6. The smallest absolute Gasteiger partial charge is 0.255 e. The van der Waals surface area contributed by atoms with Crippen molar-refractivity contribution in [3.05, 3.63) is 100 Å². The van der Waals surface area contributed by atoms with Gasteiger partial charge in [0.25, 0.3) is 11.8 Å². The molecule has 3 aromatic carbocycles. The average Bonchev–Trinajstić information content (AvgIpc) is 3.88. The first kappa shape index (κ1) is 58.1. The minimum atomic E-state index is -1.15. The van der Waals surface area contributed by atoms with E-state index >= 15 is 0 Å². The first-order valence-corrected chi connectivity index (χ1v) is 29.0. The summed E-state index contributed by atoms with van der Waals surface area (Å²) in [5.74, 6) is -1.31. The zero-order chi connectivity index (χ0) is 56.3. The number of hydrogen-bond acceptors (Lipinski definition) is 12. The summed E-state index contributed by atoms with van der Waals surface area (Å²) >= 11 is 1.52. The molecule has 8 rings (SSSR count). The number of imidazole rings is 1. The van der Waals surface area contributed by atoms with E-state index in [0.717, 1.165) is 97.4 Å². The third-order valence-electron chi connectivity index (χ3n) is 15.6. The number of hydrogen-bond donors (Lipinski definition) is 7. The number of aryl methyl sites for hydroxylation is 1. The third kappa shape index (κ3) is 15.2. The zero-order valence-corrected chi connectivity index (χ0v) is 47.1. The van der Waals surface area contributed by atoms with Gasteiger partial charge in [-0.1, -0.05) is 83.6 Å². The third-order valence-corrected chi connectivity index (χ3v) is 16.6. The van der Waals surface area contributed by atoms with Crippen molar-refractivity contribution in [1.29, 1.82) is 5.26 Å². The summed E-state index contributed by atoms with van der Waals surface area (Å²) in [5, 5.41) is 35.3. The molecule has 19 heteroatoms. The number of carbonyl (C=O) groups is 6. The number of nitrogens with zero attached hydrogens (tertiary/aromatic N) is 5. The topological polar surface area (TPSA) is 255 Å². The van der Waals surface area contributed by atoms with Gasteiger partial charge in [0, 0.05) is 48.9 Å². The van der Waals surface area contributed by atoms with Crippen LogP contribution in [-0.4, -0.2) is 116 Å². The molecule has 5 aromatic rings. The summed E-state index contributed by atoms with van der Waals surface area (Å²) in [6.07, 6.45) is 9.96. The number of thiazole rings is 1. The molecular weight excluding hydrogens is 1020 g/mol. The molecule has 7 N–H and O–H groups in total. The van der Waals surface area contributed by atoms with Crippen LogP contribution in [0.1, 0.15) is 161 Å². The number of nitriles is 1. The van der Waals surface area contributed by atoms with E-state index < -0.39 is 52.8 Å². The Labute approximate surface area is 467 Å². The monoisotopic (exact) mass is 1100 g/mol. The van der Waals surface area contributed by atoms with Gasteiger partial charge in [-0.05, 0) is 118 Å². The van der Waals surface area contributed by atoms with Crippen molar-refractivity contribution in [3.63, 3.8) is 0 Å². The molecule has 1 aliphatic carbocycles. The normalized spacial score (nSPS) is 18.6. The standard InChI is InChI=1S/C60H77N11O7S/c1-38-15-14-30-70(38)35-50-66-46-25-24-44(31-48(46)67-50)65-55(75)43-22-20-42(21-23-43)54(74)63-29-13-11-9-7-6-8-10-12-28-62-51(73)33-47(40-16-18-41(19-17-40)52-39(2)64-37-79-52)68-56(76)49-32-45(72)34-71(49)57(77)53(59(3,4)5)69-58(78)60(36-61)26-27-60/h16-25,31,37-38,45,47,49,53,72H,6-15,26-30,32-35H2,1-5H3,(H,62,73)(H,63,74)(H,65,75)(H,66,67)(H,68,76)(H,69,78)/t38-,45+,47-,49-,53+/m0/s1. The van der Waals surface area contributed by atoms with Gasteiger partial charge < -0.3 is 41.6 Å². The number of amides is 6. The molecule has 3 fully saturated rings. The minimum absolute atomic E-state index is 0.0154. The number of fused-ring (bicyclic) bond motifs is 1. The van der Waals surface area contributed by atoms with Crippen molar-refractivity contribution in [1.82, 2.24) is 46.0 Å². The number of aliphatic hydroxyl groups excluding tert-OH is 1. The van der Waals surface area contributed by atoms with Crippen molar-refractivity contribution >= 4 is 63.5 Å². The molecule has 0 unspecified atom stereocenters. The van der Waals surface area contributed by atoms with E-state index in [4.69, 9.17) is 4.98 Å². The van der Waals surface area contributed by atoms with Crippen LogP contribution in [0.2, 0.25) is 0 Å². The van der Waals surface area contributed by atoms with Crippen LogP contribution >= 0.6 is 11.3 Å². The lowest BCUT2D eigenvalue weighted by atomic mass is 9.85. The highest BCUT2D eigenvalue weighted by atomic mass is 32.1. The molecule has 79 heavy (non-hydrogen) atoms. The number of aromatic nitrogens is 3. The van der Waals surface area contributed by atoms with Gasteiger partial charge in [-0.3, -0.25) is 33.7 Å². The molecule has 0 spiro atoms. The minimum Gasteiger partial charge on any atom is -0.391 e. The Morgan fingerprint density at radius 2 is 1.53 bits per heavy atom. The van der Waals surface area contributed by atoms with Crippen molar-refractivity contribution in [3.8, 4) is 16.5 Å². The second kappa shape index (κ2) is 26.3. The number of carbonyl (C=O) groups excluding carboxylic acids is 6. The summed E-state index contributed by atoms with van der Waals surface area (Å²) < 4.78 is 0. The molecule has 2 saturated heterocycles.